The minimum absolute atomic E-state index is 0.119. The van der Waals surface area contributed by atoms with Crippen molar-refractivity contribution in [3.63, 3.8) is 0 Å². The Morgan fingerprint density at radius 1 is 1.07 bits per heavy atom. The lowest BCUT2D eigenvalue weighted by atomic mass is 10.2. The molecule has 27 heavy (non-hydrogen) atoms. The smallest absolute Gasteiger partial charge is 0.272 e. The van der Waals surface area contributed by atoms with Crippen LogP contribution in [0, 0.1) is 6.92 Å². The monoisotopic (exact) mass is 380 g/mol. The second-order valence-corrected chi connectivity index (χ2v) is 6.56. The minimum atomic E-state index is -0.119. The molecule has 0 bridgehead atoms. The van der Waals surface area contributed by atoms with Crippen molar-refractivity contribution in [3.05, 3.63) is 82.8 Å². The number of amides is 1. The molecular weight excluding hydrogens is 360 g/mol. The van der Waals surface area contributed by atoms with E-state index in [2.05, 4.69) is 15.3 Å². The van der Waals surface area contributed by atoms with Crippen LogP contribution in [0.2, 0.25) is 5.02 Å². The third-order valence-corrected chi connectivity index (χ3v) is 4.31. The number of hydrogen-bond donors (Lipinski definition) is 1. The summed E-state index contributed by atoms with van der Waals surface area (Å²) >= 11 is 5.92. The van der Waals surface area contributed by atoms with E-state index in [1.54, 1.807) is 30.0 Å². The minimum Gasteiger partial charge on any atom is -0.340 e. The summed E-state index contributed by atoms with van der Waals surface area (Å²) < 4.78 is 0. The standard InChI is InChI=1S/C21H21ClN4O/c1-3-26(14-16-7-5-4-6-8-16)21(27)19-13-20(24-15(2)23-19)25-18-11-9-17(22)10-12-18/h4-13H,3,14H2,1-2H3,(H,23,24,25). The van der Waals surface area contributed by atoms with Crippen LogP contribution < -0.4 is 5.32 Å². The first-order valence-corrected chi connectivity index (χ1v) is 9.14. The van der Waals surface area contributed by atoms with Gasteiger partial charge in [-0.15, -0.1) is 0 Å². The van der Waals surface area contributed by atoms with Gasteiger partial charge in [0.25, 0.3) is 5.91 Å². The third-order valence-electron chi connectivity index (χ3n) is 4.06. The van der Waals surface area contributed by atoms with Crippen LogP contribution in [0.1, 0.15) is 28.8 Å². The van der Waals surface area contributed by atoms with Gasteiger partial charge in [-0.05, 0) is 43.7 Å². The molecule has 0 saturated carbocycles. The Morgan fingerprint density at radius 3 is 2.44 bits per heavy atom. The van der Waals surface area contributed by atoms with E-state index in [1.165, 1.54) is 0 Å². The average molecular weight is 381 g/mol. The summed E-state index contributed by atoms with van der Waals surface area (Å²) in [6.45, 7) is 4.87. The van der Waals surface area contributed by atoms with Crippen LogP contribution >= 0.6 is 11.6 Å². The molecule has 6 heteroatoms. The van der Waals surface area contributed by atoms with Crippen molar-refractivity contribution in [3.8, 4) is 0 Å². The van der Waals surface area contributed by atoms with E-state index < -0.39 is 0 Å². The van der Waals surface area contributed by atoms with Gasteiger partial charge >= 0.3 is 0 Å². The Morgan fingerprint density at radius 2 is 1.78 bits per heavy atom. The SMILES string of the molecule is CCN(Cc1ccccc1)C(=O)c1cc(Nc2ccc(Cl)cc2)nc(C)n1. The molecule has 1 amide bonds. The molecule has 1 heterocycles. The molecule has 3 aromatic rings. The second-order valence-electron chi connectivity index (χ2n) is 6.12. The van der Waals surface area contributed by atoms with E-state index in [0.717, 1.165) is 11.3 Å². The molecule has 3 rings (SSSR count). The molecule has 0 saturated heterocycles. The first kappa shape index (κ1) is 18.9. The van der Waals surface area contributed by atoms with Crippen molar-refractivity contribution in [1.29, 1.82) is 0 Å². The lowest BCUT2D eigenvalue weighted by Gasteiger charge is -2.21. The maximum absolute atomic E-state index is 13.0. The highest BCUT2D eigenvalue weighted by Crippen LogP contribution is 2.19. The number of aromatic nitrogens is 2. The Balaban J connectivity index is 1.81. The molecule has 2 aromatic carbocycles. The van der Waals surface area contributed by atoms with Gasteiger partial charge in [0.15, 0.2) is 0 Å². The largest absolute Gasteiger partial charge is 0.340 e. The van der Waals surface area contributed by atoms with Crippen LogP contribution in [-0.2, 0) is 6.54 Å². The van der Waals surface area contributed by atoms with Crippen LogP contribution in [0.3, 0.4) is 0 Å². The molecule has 0 unspecified atom stereocenters. The summed E-state index contributed by atoms with van der Waals surface area (Å²) in [5.74, 6) is 0.989. The van der Waals surface area contributed by atoms with Gasteiger partial charge < -0.3 is 10.2 Å². The Hall–Kier alpha value is -2.92. The zero-order valence-corrected chi connectivity index (χ0v) is 16.1. The van der Waals surface area contributed by atoms with Gasteiger partial charge in [0, 0.05) is 29.9 Å². The number of rotatable bonds is 6. The maximum Gasteiger partial charge on any atom is 0.272 e. The lowest BCUT2D eigenvalue weighted by Crippen LogP contribution is -2.31. The van der Waals surface area contributed by atoms with E-state index >= 15 is 0 Å². The summed E-state index contributed by atoms with van der Waals surface area (Å²) in [5.41, 5.74) is 2.29. The summed E-state index contributed by atoms with van der Waals surface area (Å²) in [7, 11) is 0. The molecule has 138 valence electrons. The molecule has 1 aromatic heterocycles. The molecule has 0 aliphatic heterocycles. The molecule has 1 N–H and O–H groups in total. The highest BCUT2D eigenvalue weighted by molar-refractivity contribution is 6.30. The summed E-state index contributed by atoms with van der Waals surface area (Å²) in [6.07, 6.45) is 0. The highest BCUT2D eigenvalue weighted by Gasteiger charge is 2.17. The van der Waals surface area contributed by atoms with Crippen molar-refractivity contribution < 1.29 is 4.79 Å². The second kappa shape index (κ2) is 8.64. The van der Waals surface area contributed by atoms with Crippen LogP contribution in [0.4, 0.5) is 11.5 Å². The van der Waals surface area contributed by atoms with Gasteiger partial charge in [0.2, 0.25) is 0 Å². The molecule has 0 aliphatic rings. The van der Waals surface area contributed by atoms with Crippen molar-refractivity contribution in [2.45, 2.75) is 20.4 Å². The van der Waals surface area contributed by atoms with Gasteiger partial charge in [-0.25, -0.2) is 9.97 Å². The van der Waals surface area contributed by atoms with Crippen LogP contribution in [0.5, 0.6) is 0 Å². The quantitative estimate of drug-likeness (QED) is 0.664. The maximum atomic E-state index is 13.0. The number of benzene rings is 2. The predicted molar refractivity (Wildman–Crippen MR) is 108 cm³/mol. The normalized spacial score (nSPS) is 10.5. The Kier molecular flexibility index (Phi) is 6.04. The molecular formula is C21H21ClN4O. The fourth-order valence-electron chi connectivity index (χ4n) is 2.72. The van der Waals surface area contributed by atoms with Gasteiger partial charge in [0.1, 0.15) is 17.3 Å². The number of nitrogens with zero attached hydrogens (tertiary/aromatic N) is 3. The van der Waals surface area contributed by atoms with Gasteiger partial charge in [-0.3, -0.25) is 4.79 Å². The Bertz CT molecular complexity index is 913. The van der Waals surface area contributed by atoms with Crippen LogP contribution in [-0.4, -0.2) is 27.3 Å². The molecule has 0 aliphatic carbocycles. The van der Waals surface area contributed by atoms with Crippen molar-refractivity contribution in [2.24, 2.45) is 0 Å². The fourth-order valence-corrected chi connectivity index (χ4v) is 2.84. The van der Waals surface area contributed by atoms with E-state index in [1.807, 2.05) is 49.4 Å². The van der Waals surface area contributed by atoms with Crippen molar-refractivity contribution >= 4 is 29.0 Å². The number of halogens is 1. The fraction of sp³-hybridized carbons (Fsp3) is 0.190. The number of anilines is 2. The molecule has 0 atom stereocenters. The van der Waals surface area contributed by atoms with Gasteiger partial charge in [-0.1, -0.05) is 41.9 Å². The van der Waals surface area contributed by atoms with Crippen molar-refractivity contribution in [1.82, 2.24) is 14.9 Å². The summed E-state index contributed by atoms with van der Waals surface area (Å²) in [5, 5.41) is 3.86. The molecule has 0 radical (unpaired) electrons. The molecule has 0 fully saturated rings. The number of carbonyl (C=O) groups excluding carboxylic acids is 1. The third kappa shape index (κ3) is 5.05. The zero-order valence-electron chi connectivity index (χ0n) is 15.3. The number of carbonyl (C=O) groups is 1. The number of hydrogen-bond acceptors (Lipinski definition) is 4. The van der Waals surface area contributed by atoms with Crippen LogP contribution in [0.25, 0.3) is 0 Å². The van der Waals surface area contributed by atoms with Crippen molar-refractivity contribution in [2.75, 3.05) is 11.9 Å². The van der Waals surface area contributed by atoms with Gasteiger partial charge in [-0.2, -0.15) is 0 Å². The van der Waals surface area contributed by atoms with E-state index in [4.69, 9.17) is 11.6 Å². The van der Waals surface area contributed by atoms with E-state index in [-0.39, 0.29) is 5.91 Å². The average Bonchev–Trinajstić information content (AvgIpc) is 2.68. The topological polar surface area (TPSA) is 58.1 Å². The van der Waals surface area contributed by atoms with Gasteiger partial charge in [0.05, 0.1) is 0 Å². The van der Waals surface area contributed by atoms with E-state index in [9.17, 15) is 4.79 Å². The first-order valence-electron chi connectivity index (χ1n) is 8.76. The predicted octanol–water partition coefficient (Wildman–Crippen LogP) is 4.84. The van der Waals surface area contributed by atoms with E-state index in [0.29, 0.717) is 35.4 Å². The summed E-state index contributed by atoms with van der Waals surface area (Å²) in [4.78, 5) is 23.5. The zero-order chi connectivity index (χ0) is 19.2. The first-order chi connectivity index (χ1) is 13.0. The Labute approximate surface area is 164 Å². The molecule has 5 nitrogen and oxygen atoms in total. The number of nitrogens with one attached hydrogen (secondary N) is 1. The summed E-state index contributed by atoms with van der Waals surface area (Å²) in [6, 6.07) is 18.9. The molecule has 0 spiro atoms. The van der Waals surface area contributed by atoms with Crippen LogP contribution in [0.15, 0.2) is 60.7 Å². The lowest BCUT2D eigenvalue weighted by molar-refractivity contribution is 0.0746. The number of aryl methyl sites for hydroxylation is 1. The highest BCUT2D eigenvalue weighted by atomic mass is 35.5.